The molecule has 1 aromatic rings. The molecule has 0 amide bonds. The number of rotatable bonds is 3. The molecule has 0 fully saturated rings. The van der Waals surface area contributed by atoms with E-state index in [1.54, 1.807) is 11.3 Å². The van der Waals surface area contributed by atoms with Crippen LogP contribution in [0, 0.1) is 0 Å². The van der Waals surface area contributed by atoms with Crippen molar-refractivity contribution in [3.63, 3.8) is 0 Å². The highest BCUT2D eigenvalue weighted by Gasteiger charge is 1.97. The van der Waals surface area contributed by atoms with E-state index in [4.69, 9.17) is 5.11 Å². The molecule has 1 rings (SSSR count). The zero-order valence-electron chi connectivity index (χ0n) is 5.79. The summed E-state index contributed by atoms with van der Waals surface area (Å²) < 4.78 is 0. The minimum Gasteiger partial charge on any atom is -0.390 e. The minimum atomic E-state index is 0.0419. The Balaban J connectivity index is 2.59. The Bertz CT molecular complexity index is 199. The lowest BCUT2D eigenvalue weighted by molar-refractivity contribution is 0.277. The molecule has 0 spiro atoms. The van der Waals surface area contributed by atoms with Gasteiger partial charge in [-0.25, -0.2) is 4.98 Å². The van der Waals surface area contributed by atoms with Crippen LogP contribution in [-0.4, -0.2) is 17.1 Å². The predicted molar refractivity (Wildman–Crippen MR) is 40.8 cm³/mol. The van der Waals surface area contributed by atoms with Gasteiger partial charge >= 0.3 is 0 Å². The largest absolute Gasteiger partial charge is 0.390 e. The normalized spacial score (nSPS) is 10.2. The first-order valence-corrected chi connectivity index (χ1v) is 3.93. The summed E-state index contributed by atoms with van der Waals surface area (Å²) in [5, 5.41) is 14.5. The molecule has 0 aromatic carbocycles. The third-order valence-electron chi connectivity index (χ3n) is 1.09. The summed E-state index contributed by atoms with van der Waals surface area (Å²) in [4.78, 5) is 4.12. The molecule has 0 aliphatic heterocycles. The van der Waals surface area contributed by atoms with Gasteiger partial charge < -0.3 is 10.4 Å². The molecule has 0 saturated carbocycles. The first-order chi connectivity index (χ1) is 4.86. The quantitative estimate of drug-likeness (QED) is 0.667. The van der Waals surface area contributed by atoms with Crippen molar-refractivity contribution in [2.45, 2.75) is 13.2 Å². The van der Waals surface area contributed by atoms with Crippen LogP contribution >= 0.6 is 11.3 Å². The molecule has 1 heterocycles. The Morgan fingerprint density at radius 3 is 3.10 bits per heavy atom. The van der Waals surface area contributed by atoms with Gasteiger partial charge in [-0.2, -0.15) is 0 Å². The molecule has 0 bridgehead atoms. The van der Waals surface area contributed by atoms with Gasteiger partial charge in [0.15, 0.2) is 0 Å². The first kappa shape index (κ1) is 7.65. The van der Waals surface area contributed by atoms with Crippen molar-refractivity contribution < 1.29 is 5.11 Å². The number of hydrogen-bond acceptors (Lipinski definition) is 4. The molecule has 0 radical (unpaired) electrons. The summed E-state index contributed by atoms with van der Waals surface area (Å²) in [6.45, 7) is 0.824. The maximum Gasteiger partial charge on any atom is 0.107 e. The van der Waals surface area contributed by atoms with Crippen LogP contribution in [0.25, 0.3) is 0 Å². The van der Waals surface area contributed by atoms with E-state index in [-0.39, 0.29) is 6.61 Å². The van der Waals surface area contributed by atoms with Crippen molar-refractivity contribution in [3.8, 4) is 0 Å². The molecule has 4 heteroatoms. The minimum absolute atomic E-state index is 0.0419. The highest BCUT2D eigenvalue weighted by atomic mass is 32.1. The fourth-order valence-electron chi connectivity index (χ4n) is 0.654. The van der Waals surface area contributed by atoms with E-state index in [0.29, 0.717) is 0 Å². The molecule has 0 unspecified atom stereocenters. The van der Waals surface area contributed by atoms with Crippen molar-refractivity contribution in [3.05, 3.63) is 16.1 Å². The van der Waals surface area contributed by atoms with Crippen LogP contribution in [0.3, 0.4) is 0 Å². The number of nitrogens with one attached hydrogen (secondary N) is 1. The summed E-state index contributed by atoms with van der Waals surface area (Å²) in [6, 6.07) is 0. The highest BCUT2D eigenvalue weighted by Crippen LogP contribution is 2.08. The smallest absolute Gasteiger partial charge is 0.107 e. The highest BCUT2D eigenvalue weighted by molar-refractivity contribution is 7.09. The number of hydrogen-bond donors (Lipinski definition) is 2. The van der Waals surface area contributed by atoms with E-state index in [1.807, 2.05) is 12.4 Å². The van der Waals surface area contributed by atoms with Gasteiger partial charge in [-0.1, -0.05) is 0 Å². The van der Waals surface area contributed by atoms with E-state index in [0.717, 1.165) is 17.2 Å². The molecule has 56 valence electrons. The molecular weight excluding hydrogens is 148 g/mol. The number of nitrogens with zero attached hydrogens (tertiary/aromatic N) is 1. The van der Waals surface area contributed by atoms with Crippen LogP contribution in [0.1, 0.15) is 10.7 Å². The second-order valence-corrected chi connectivity index (χ2v) is 2.86. The van der Waals surface area contributed by atoms with Crippen LogP contribution < -0.4 is 5.32 Å². The third kappa shape index (κ3) is 1.76. The molecule has 3 nitrogen and oxygen atoms in total. The average molecular weight is 158 g/mol. The number of aliphatic hydroxyl groups excluding tert-OH is 1. The molecular formula is C6H10N2OS. The lowest BCUT2D eigenvalue weighted by Crippen LogP contribution is -2.04. The second kappa shape index (κ2) is 3.65. The summed E-state index contributed by atoms with van der Waals surface area (Å²) in [7, 11) is 1.88. The van der Waals surface area contributed by atoms with E-state index in [2.05, 4.69) is 10.3 Å². The Morgan fingerprint density at radius 1 is 1.80 bits per heavy atom. The Morgan fingerprint density at radius 2 is 2.60 bits per heavy atom. The maximum absolute atomic E-state index is 8.64. The number of aromatic nitrogens is 1. The fraction of sp³-hybridized carbons (Fsp3) is 0.500. The average Bonchev–Trinajstić information content (AvgIpc) is 2.37. The van der Waals surface area contributed by atoms with Gasteiger partial charge in [0.25, 0.3) is 0 Å². The Kier molecular flexibility index (Phi) is 2.80. The van der Waals surface area contributed by atoms with E-state index >= 15 is 0 Å². The number of thiazole rings is 1. The summed E-state index contributed by atoms with van der Waals surface area (Å²) in [6.07, 6.45) is 0. The zero-order valence-corrected chi connectivity index (χ0v) is 6.61. The lowest BCUT2D eigenvalue weighted by atomic mass is 10.5. The molecule has 0 saturated heterocycles. The summed E-state index contributed by atoms with van der Waals surface area (Å²) >= 11 is 1.57. The van der Waals surface area contributed by atoms with Crippen LogP contribution in [0.15, 0.2) is 5.38 Å². The first-order valence-electron chi connectivity index (χ1n) is 3.05. The molecule has 2 N–H and O–H groups in total. The van der Waals surface area contributed by atoms with Crippen molar-refractivity contribution in [1.82, 2.24) is 10.3 Å². The third-order valence-corrected chi connectivity index (χ3v) is 1.99. The molecule has 0 aliphatic rings. The molecule has 0 atom stereocenters. The standard InChI is InChI=1S/C6H10N2OS/c1-7-2-6-8-5(3-9)4-10-6/h4,7,9H,2-3H2,1H3. The van der Waals surface area contributed by atoms with Gasteiger partial charge in [0.05, 0.1) is 12.3 Å². The van der Waals surface area contributed by atoms with Gasteiger partial charge in [-0.15, -0.1) is 11.3 Å². The monoisotopic (exact) mass is 158 g/mol. The fourth-order valence-corrected chi connectivity index (χ4v) is 1.45. The topological polar surface area (TPSA) is 45.2 Å². The molecule has 10 heavy (non-hydrogen) atoms. The zero-order chi connectivity index (χ0) is 7.40. The van der Waals surface area contributed by atoms with Gasteiger partial charge in [0.2, 0.25) is 0 Å². The lowest BCUT2D eigenvalue weighted by Gasteiger charge is -1.89. The van der Waals surface area contributed by atoms with Crippen LogP contribution in [0.2, 0.25) is 0 Å². The maximum atomic E-state index is 8.64. The van der Waals surface area contributed by atoms with Gasteiger partial charge in [-0.3, -0.25) is 0 Å². The summed E-state index contributed by atoms with van der Waals surface area (Å²) in [5.74, 6) is 0. The second-order valence-electron chi connectivity index (χ2n) is 1.92. The number of aliphatic hydroxyl groups is 1. The van der Waals surface area contributed by atoms with Gasteiger partial charge in [-0.05, 0) is 7.05 Å². The van der Waals surface area contributed by atoms with Crippen molar-refractivity contribution in [2.75, 3.05) is 7.05 Å². The van der Waals surface area contributed by atoms with Crippen molar-refractivity contribution in [2.24, 2.45) is 0 Å². The van der Waals surface area contributed by atoms with Crippen molar-refractivity contribution in [1.29, 1.82) is 0 Å². The Labute approximate surface area is 63.7 Å². The molecule has 1 aromatic heterocycles. The van der Waals surface area contributed by atoms with Gasteiger partial charge in [0.1, 0.15) is 5.01 Å². The van der Waals surface area contributed by atoms with Crippen molar-refractivity contribution >= 4 is 11.3 Å². The van der Waals surface area contributed by atoms with E-state index in [1.165, 1.54) is 0 Å². The SMILES string of the molecule is CNCc1nc(CO)cs1. The van der Waals surface area contributed by atoms with Gasteiger partial charge in [0, 0.05) is 11.9 Å². The Hall–Kier alpha value is -0.450. The van der Waals surface area contributed by atoms with Crippen LogP contribution in [0.5, 0.6) is 0 Å². The molecule has 0 aliphatic carbocycles. The summed E-state index contributed by atoms with van der Waals surface area (Å²) in [5.41, 5.74) is 0.759. The van der Waals surface area contributed by atoms with E-state index < -0.39 is 0 Å². The predicted octanol–water partition coefficient (Wildman–Crippen LogP) is 0.355. The van der Waals surface area contributed by atoms with Crippen LogP contribution in [-0.2, 0) is 13.2 Å². The van der Waals surface area contributed by atoms with E-state index in [9.17, 15) is 0 Å². The van der Waals surface area contributed by atoms with Crippen LogP contribution in [0.4, 0.5) is 0 Å².